The predicted octanol–water partition coefficient (Wildman–Crippen LogP) is 11.9. The molecule has 0 aliphatic carbocycles. The summed E-state index contributed by atoms with van der Waals surface area (Å²) < 4.78 is 0. The van der Waals surface area contributed by atoms with Crippen molar-refractivity contribution in [3.05, 3.63) is 199 Å². The summed E-state index contributed by atoms with van der Waals surface area (Å²) in [4.78, 5) is 33.3. The number of rotatable bonds is 8. The third-order valence-corrected chi connectivity index (χ3v) is 9.43. The molecule has 262 valence electrons. The van der Waals surface area contributed by atoms with Crippen molar-refractivity contribution in [1.29, 1.82) is 0 Å². The summed E-state index contributed by atoms with van der Waals surface area (Å²) in [5.41, 5.74) is 9.71. The minimum absolute atomic E-state index is 0.443. The van der Waals surface area contributed by atoms with Crippen molar-refractivity contribution in [2.75, 3.05) is 0 Å². The highest BCUT2D eigenvalue weighted by Gasteiger charge is 2.17. The summed E-state index contributed by atoms with van der Waals surface area (Å²) in [7, 11) is 0. The fourth-order valence-electron chi connectivity index (χ4n) is 6.57. The Morgan fingerprint density at radius 1 is 0.268 bits per heavy atom. The highest BCUT2D eigenvalue weighted by molar-refractivity contribution is 5.79. The summed E-state index contributed by atoms with van der Waals surface area (Å²) in [5, 5.41) is 0. The Balaban J connectivity index is 1.10. The maximum atomic E-state index is 7.83. The molecule has 0 atom stereocenters. The van der Waals surface area contributed by atoms with E-state index in [1.54, 1.807) is 6.07 Å². The molecule has 9 aromatic rings. The zero-order chi connectivity index (χ0) is 37.7. The van der Waals surface area contributed by atoms with Crippen LogP contribution >= 0.6 is 0 Å². The number of hydrogen-bond acceptors (Lipinski definition) is 6. The Morgan fingerprint density at radius 2 is 0.589 bits per heavy atom. The van der Waals surface area contributed by atoms with E-state index < -0.39 is 0 Å². The van der Waals surface area contributed by atoms with E-state index >= 15 is 0 Å². The van der Waals surface area contributed by atoms with E-state index in [0.29, 0.717) is 46.2 Å². The van der Waals surface area contributed by atoms with Crippen molar-refractivity contribution >= 4 is 5.69 Å². The van der Waals surface area contributed by atoms with Gasteiger partial charge in [0.1, 0.15) is 0 Å². The molecule has 7 aromatic carbocycles. The first-order chi connectivity index (χ1) is 27.7. The third kappa shape index (κ3) is 7.06. The highest BCUT2D eigenvalue weighted by atomic mass is 15.0. The van der Waals surface area contributed by atoms with E-state index in [0.717, 1.165) is 50.1 Å². The molecule has 0 radical (unpaired) electrons. The van der Waals surface area contributed by atoms with E-state index in [2.05, 4.69) is 53.4 Å². The molecule has 0 aliphatic rings. The van der Waals surface area contributed by atoms with Gasteiger partial charge in [-0.25, -0.2) is 34.7 Å². The van der Waals surface area contributed by atoms with E-state index in [9.17, 15) is 0 Å². The normalized spacial score (nSPS) is 10.8. The molecular formula is C49H31N7. The molecule has 0 N–H and O–H groups in total. The lowest BCUT2D eigenvalue weighted by Gasteiger charge is -2.11. The standard InChI is InChI=1S/C49H31N7/c1-50-43-26-12-11-25-42(43)49-55-47(40-23-13-21-38(31-40)33-15-5-2-6-16-33)54-48(56-49)41-24-14-22-39(32-41)34-27-29-37(30-28-34)46-52-44(35-17-7-3-8-18-35)51-45(53-46)36-19-9-4-10-20-36/h2-32H. The molecule has 0 aliphatic heterocycles. The van der Waals surface area contributed by atoms with Crippen LogP contribution in [0.5, 0.6) is 0 Å². The van der Waals surface area contributed by atoms with Crippen molar-refractivity contribution in [3.8, 4) is 90.6 Å². The number of para-hydroxylation sites is 1. The molecule has 0 unspecified atom stereocenters. The molecule has 0 saturated heterocycles. The van der Waals surface area contributed by atoms with Gasteiger partial charge in [-0.1, -0.05) is 176 Å². The zero-order valence-corrected chi connectivity index (χ0v) is 30.0. The number of aromatic nitrogens is 6. The molecule has 0 spiro atoms. The summed E-state index contributed by atoms with van der Waals surface area (Å²) in [6.07, 6.45) is 0. The van der Waals surface area contributed by atoms with E-state index in [-0.39, 0.29) is 0 Å². The summed E-state index contributed by atoms with van der Waals surface area (Å²) in [5.74, 6) is 3.32. The molecule has 0 bridgehead atoms. The summed E-state index contributed by atoms with van der Waals surface area (Å²) in [6, 6.07) is 62.2. The quantitative estimate of drug-likeness (QED) is 0.146. The van der Waals surface area contributed by atoms with Gasteiger partial charge in [0.2, 0.25) is 0 Å². The van der Waals surface area contributed by atoms with Crippen molar-refractivity contribution in [2.45, 2.75) is 0 Å². The minimum Gasteiger partial charge on any atom is -0.237 e. The fraction of sp³-hybridized carbons (Fsp3) is 0. The van der Waals surface area contributed by atoms with Crippen LogP contribution in [0.3, 0.4) is 0 Å². The fourth-order valence-corrected chi connectivity index (χ4v) is 6.57. The smallest absolute Gasteiger partial charge is 0.198 e. The second kappa shape index (κ2) is 15.2. The lowest BCUT2D eigenvalue weighted by atomic mass is 10.0. The van der Waals surface area contributed by atoms with Gasteiger partial charge in [0.15, 0.2) is 40.6 Å². The van der Waals surface area contributed by atoms with Crippen molar-refractivity contribution in [1.82, 2.24) is 29.9 Å². The first-order valence-corrected chi connectivity index (χ1v) is 18.2. The average Bonchev–Trinajstić information content (AvgIpc) is 3.29. The van der Waals surface area contributed by atoms with Crippen LogP contribution in [0.4, 0.5) is 5.69 Å². The largest absolute Gasteiger partial charge is 0.237 e. The van der Waals surface area contributed by atoms with E-state index in [1.807, 2.05) is 133 Å². The van der Waals surface area contributed by atoms with Crippen LogP contribution in [0.1, 0.15) is 0 Å². The molecule has 9 rings (SSSR count). The maximum Gasteiger partial charge on any atom is 0.198 e. The molecule has 2 aromatic heterocycles. The molecule has 56 heavy (non-hydrogen) atoms. The number of hydrogen-bond donors (Lipinski definition) is 0. The van der Waals surface area contributed by atoms with Gasteiger partial charge in [-0.3, -0.25) is 0 Å². The van der Waals surface area contributed by atoms with Crippen LogP contribution in [0.2, 0.25) is 0 Å². The summed E-state index contributed by atoms with van der Waals surface area (Å²) >= 11 is 0. The SMILES string of the molecule is [C-]#[N+]c1ccccc1-c1nc(-c2cccc(-c3ccccc3)c2)nc(-c2cccc(-c3ccc(-c4nc(-c5ccccc5)nc(-c5ccccc5)n4)cc3)c2)n1. The predicted molar refractivity (Wildman–Crippen MR) is 223 cm³/mol. The van der Waals surface area contributed by atoms with Crippen molar-refractivity contribution in [2.24, 2.45) is 0 Å². The summed E-state index contributed by atoms with van der Waals surface area (Å²) in [6.45, 7) is 7.83. The van der Waals surface area contributed by atoms with Gasteiger partial charge < -0.3 is 0 Å². The van der Waals surface area contributed by atoms with E-state index in [4.69, 9.17) is 36.5 Å². The Labute approximate surface area is 324 Å². The van der Waals surface area contributed by atoms with Crippen molar-refractivity contribution in [3.63, 3.8) is 0 Å². The number of nitrogens with zero attached hydrogens (tertiary/aromatic N) is 7. The molecule has 2 heterocycles. The van der Waals surface area contributed by atoms with Crippen LogP contribution in [0.25, 0.3) is 95.4 Å². The number of benzene rings is 7. The second-order valence-corrected chi connectivity index (χ2v) is 13.1. The van der Waals surface area contributed by atoms with Gasteiger partial charge in [0, 0.05) is 33.4 Å². The minimum atomic E-state index is 0.443. The van der Waals surface area contributed by atoms with Crippen LogP contribution in [0.15, 0.2) is 188 Å². The molecule has 0 saturated carbocycles. The Bertz CT molecular complexity index is 2790. The first kappa shape index (κ1) is 33.9. The van der Waals surface area contributed by atoms with Crippen LogP contribution < -0.4 is 0 Å². The maximum absolute atomic E-state index is 7.83. The monoisotopic (exact) mass is 717 g/mol. The Kier molecular flexibility index (Phi) is 9.18. The van der Waals surface area contributed by atoms with Gasteiger partial charge in [0.25, 0.3) is 0 Å². The van der Waals surface area contributed by atoms with Crippen LogP contribution in [0, 0.1) is 6.57 Å². The molecule has 7 nitrogen and oxygen atoms in total. The van der Waals surface area contributed by atoms with Gasteiger partial charge in [-0.05, 0) is 34.4 Å². The van der Waals surface area contributed by atoms with Crippen LogP contribution in [-0.4, -0.2) is 29.9 Å². The Hall–Kier alpha value is -7.95. The molecular weight excluding hydrogens is 687 g/mol. The van der Waals surface area contributed by atoms with Crippen molar-refractivity contribution < 1.29 is 0 Å². The van der Waals surface area contributed by atoms with Gasteiger partial charge in [0.05, 0.1) is 6.57 Å². The van der Waals surface area contributed by atoms with Crippen LogP contribution in [-0.2, 0) is 0 Å². The average molecular weight is 718 g/mol. The lowest BCUT2D eigenvalue weighted by Crippen LogP contribution is -2.00. The molecule has 0 fully saturated rings. The molecule has 7 heteroatoms. The highest BCUT2D eigenvalue weighted by Crippen LogP contribution is 2.34. The van der Waals surface area contributed by atoms with Gasteiger partial charge in [-0.15, -0.1) is 0 Å². The second-order valence-electron chi connectivity index (χ2n) is 13.1. The van der Waals surface area contributed by atoms with Gasteiger partial charge in [-0.2, -0.15) is 0 Å². The van der Waals surface area contributed by atoms with E-state index in [1.165, 1.54) is 0 Å². The zero-order valence-electron chi connectivity index (χ0n) is 30.0. The Morgan fingerprint density at radius 3 is 1.07 bits per heavy atom. The topological polar surface area (TPSA) is 81.7 Å². The molecule has 0 amide bonds. The first-order valence-electron chi connectivity index (χ1n) is 18.2. The lowest BCUT2D eigenvalue weighted by molar-refractivity contribution is 1.07. The van der Waals surface area contributed by atoms with Gasteiger partial charge >= 0.3 is 0 Å². The third-order valence-electron chi connectivity index (χ3n) is 9.43.